The highest BCUT2D eigenvalue weighted by molar-refractivity contribution is 5.80. The minimum absolute atomic E-state index is 0.0610. The summed E-state index contributed by atoms with van der Waals surface area (Å²) in [6.07, 6.45) is 0.203. The summed E-state index contributed by atoms with van der Waals surface area (Å²) >= 11 is 0. The zero-order valence-corrected chi connectivity index (χ0v) is 13.5. The molecule has 0 saturated carbocycles. The average molecular weight is 295 g/mol. The first kappa shape index (κ1) is 17.2. The van der Waals surface area contributed by atoms with E-state index in [4.69, 9.17) is 4.74 Å². The summed E-state index contributed by atoms with van der Waals surface area (Å²) < 4.78 is 6.72. The van der Waals surface area contributed by atoms with Gasteiger partial charge in [-0.3, -0.25) is 14.3 Å². The molecule has 0 bridgehead atoms. The Labute approximate surface area is 125 Å². The van der Waals surface area contributed by atoms with Crippen LogP contribution in [0, 0.1) is 19.8 Å². The molecule has 118 valence electrons. The van der Waals surface area contributed by atoms with Gasteiger partial charge in [0.2, 0.25) is 0 Å². The van der Waals surface area contributed by atoms with Crippen LogP contribution in [0.5, 0.6) is 0 Å². The molecule has 1 unspecified atom stereocenters. The lowest BCUT2D eigenvalue weighted by Crippen LogP contribution is -2.38. The van der Waals surface area contributed by atoms with Crippen molar-refractivity contribution < 1.29 is 14.3 Å². The molecule has 1 aromatic heterocycles. The number of aryl methyl sites for hydroxylation is 3. The van der Waals surface area contributed by atoms with Crippen LogP contribution in [0.15, 0.2) is 6.07 Å². The van der Waals surface area contributed by atoms with Crippen LogP contribution in [0.25, 0.3) is 0 Å². The molecule has 1 atom stereocenters. The maximum atomic E-state index is 11.6. The van der Waals surface area contributed by atoms with E-state index in [0.29, 0.717) is 12.5 Å². The van der Waals surface area contributed by atoms with Gasteiger partial charge in [-0.25, -0.2) is 0 Å². The van der Waals surface area contributed by atoms with Crippen molar-refractivity contribution in [2.24, 2.45) is 5.92 Å². The second-order valence-electron chi connectivity index (χ2n) is 5.66. The second kappa shape index (κ2) is 7.81. The van der Waals surface area contributed by atoms with Crippen LogP contribution in [0.4, 0.5) is 0 Å². The Bertz CT molecular complexity index is 494. The zero-order valence-electron chi connectivity index (χ0n) is 13.5. The Hall–Kier alpha value is -1.85. The van der Waals surface area contributed by atoms with E-state index >= 15 is 0 Å². The number of rotatable bonds is 7. The molecule has 1 aromatic rings. The highest BCUT2D eigenvalue weighted by Gasteiger charge is 2.13. The first-order valence-electron chi connectivity index (χ1n) is 7.25. The molecule has 0 aromatic carbocycles. The number of ether oxygens (including phenoxy) is 1. The fourth-order valence-corrected chi connectivity index (χ4v) is 1.78. The van der Waals surface area contributed by atoms with E-state index in [0.717, 1.165) is 11.4 Å². The van der Waals surface area contributed by atoms with Gasteiger partial charge in [0.15, 0.2) is 6.61 Å². The van der Waals surface area contributed by atoms with E-state index < -0.39 is 5.97 Å². The maximum Gasteiger partial charge on any atom is 0.308 e. The molecule has 0 spiro atoms. The van der Waals surface area contributed by atoms with Crippen molar-refractivity contribution in [3.05, 3.63) is 17.5 Å². The molecule has 0 aliphatic rings. The molecule has 6 heteroatoms. The second-order valence-corrected chi connectivity index (χ2v) is 5.66. The lowest BCUT2D eigenvalue weighted by Gasteiger charge is -2.17. The third-order valence-electron chi connectivity index (χ3n) is 3.38. The number of hydrogen-bond donors (Lipinski definition) is 1. The van der Waals surface area contributed by atoms with Crippen molar-refractivity contribution in [2.45, 2.75) is 53.6 Å². The quantitative estimate of drug-likeness (QED) is 0.775. The van der Waals surface area contributed by atoms with Gasteiger partial charge in [-0.1, -0.05) is 13.8 Å². The van der Waals surface area contributed by atoms with Gasteiger partial charge in [0.25, 0.3) is 5.91 Å². The summed E-state index contributed by atoms with van der Waals surface area (Å²) in [6.45, 7) is 10.0. The molecule has 0 aliphatic carbocycles. The van der Waals surface area contributed by atoms with Crippen LogP contribution in [0.1, 0.15) is 38.6 Å². The van der Waals surface area contributed by atoms with Crippen LogP contribution in [0.2, 0.25) is 0 Å². The van der Waals surface area contributed by atoms with Gasteiger partial charge >= 0.3 is 5.97 Å². The Morgan fingerprint density at radius 1 is 1.33 bits per heavy atom. The predicted octanol–water partition coefficient (Wildman–Crippen LogP) is 1.59. The maximum absolute atomic E-state index is 11.6. The predicted molar refractivity (Wildman–Crippen MR) is 79.7 cm³/mol. The summed E-state index contributed by atoms with van der Waals surface area (Å²) in [5.41, 5.74) is 1.92. The van der Waals surface area contributed by atoms with Crippen LogP contribution in [-0.4, -0.2) is 34.3 Å². The van der Waals surface area contributed by atoms with Crippen LogP contribution < -0.4 is 5.32 Å². The molecule has 6 nitrogen and oxygen atoms in total. The van der Waals surface area contributed by atoms with E-state index in [1.807, 2.05) is 40.7 Å². The SMILES string of the molecule is Cc1cc(C)n(CCC(=O)OCC(=O)NC(C)C(C)C)n1. The fraction of sp³-hybridized carbons (Fsp3) is 0.667. The lowest BCUT2D eigenvalue weighted by molar-refractivity contribution is -0.149. The molecule has 1 N–H and O–H groups in total. The number of carbonyl (C=O) groups is 2. The highest BCUT2D eigenvalue weighted by Crippen LogP contribution is 2.03. The average Bonchev–Trinajstić information content (AvgIpc) is 2.72. The lowest BCUT2D eigenvalue weighted by atomic mass is 10.1. The Kier molecular flexibility index (Phi) is 6.39. The van der Waals surface area contributed by atoms with E-state index in [9.17, 15) is 9.59 Å². The molecular weight excluding hydrogens is 270 g/mol. The monoisotopic (exact) mass is 295 g/mol. The number of esters is 1. The van der Waals surface area contributed by atoms with Crippen molar-refractivity contribution in [3.8, 4) is 0 Å². The number of amides is 1. The Morgan fingerprint density at radius 2 is 2.00 bits per heavy atom. The molecular formula is C15H25N3O3. The van der Waals surface area contributed by atoms with Gasteiger partial charge in [0.05, 0.1) is 18.7 Å². The minimum Gasteiger partial charge on any atom is -0.456 e. The summed E-state index contributed by atoms with van der Waals surface area (Å²) in [6, 6.07) is 2.01. The number of nitrogens with one attached hydrogen (secondary N) is 1. The molecule has 0 radical (unpaired) electrons. The van der Waals surface area contributed by atoms with E-state index in [1.54, 1.807) is 4.68 Å². The van der Waals surface area contributed by atoms with Crippen LogP contribution in [-0.2, 0) is 20.9 Å². The van der Waals surface area contributed by atoms with Crippen molar-refractivity contribution in [3.63, 3.8) is 0 Å². The van der Waals surface area contributed by atoms with Crippen molar-refractivity contribution in [2.75, 3.05) is 6.61 Å². The van der Waals surface area contributed by atoms with E-state index in [1.165, 1.54) is 0 Å². The van der Waals surface area contributed by atoms with Crippen LogP contribution in [0.3, 0.4) is 0 Å². The van der Waals surface area contributed by atoms with Crippen molar-refractivity contribution >= 4 is 11.9 Å². The topological polar surface area (TPSA) is 73.2 Å². The molecule has 1 amide bonds. The van der Waals surface area contributed by atoms with Gasteiger partial charge in [0, 0.05) is 11.7 Å². The summed E-state index contributed by atoms with van der Waals surface area (Å²) in [5.74, 6) is -0.318. The van der Waals surface area contributed by atoms with Crippen LogP contribution >= 0.6 is 0 Å². The van der Waals surface area contributed by atoms with E-state index in [-0.39, 0.29) is 25.0 Å². The third-order valence-corrected chi connectivity index (χ3v) is 3.38. The smallest absolute Gasteiger partial charge is 0.308 e. The summed E-state index contributed by atoms with van der Waals surface area (Å²) in [4.78, 5) is 23.2. The molecule has 1 heterocycles. The van der Waals surface area contributed by atoms with Gasteiger partial charge in [-0.15, -0.1) is 0 Å². The number of carbonyl (C=O) groups excluding carboxylic acids is 2. The minimum atomic E-state index is -0.394. The van der Waals surface area contributed by atoms with E-state index in [2.05, 4.69) is 10.4 Å². The first-order valence-corrected chi connectivity index (χ1v) is 7.25. The first-order chi connectivity index (χ1) is 9.79. The molecule has 0 saturated heterocycles. The standard InChI is InChI=1S/C15H25N3O3/c1-10(2)13(5)16-14(19)9-21-15(20)6-7-18-12(4)8-11(3)17-18/h8,10,13H,6-7,9H2,1-5H3,(H,16,19). The Balaban J connectivity index is 2.28. The molecule has 0 aliphatic heterocycles. The number of aromatic nitrogens is 2. The number of hydrogen-bond acceptors (Lipinski definition) is 4. The fourth-order valence-electron chi connectivity index (χ4n) is 1.78. The number of nitrogens with zero attached hydrogens (tertiary/aromatic N) is 2. The van der Waals surface area contributed by atoms with Crippen molar-refractivity contribution in [1.82, 2.24) is 15.1 Å². The summed E-state index contributed by atoms with van der Waals surface area (Å²) in [7, 11) is 0. The summed E-state index contributed by atoms with van der Waals surface area (Å²) in [5, 5.41) is 7.05. The zero-order chi connectivity index (χ0) is 16.0. The highest BCUT2D eigenvalue weighted by atomic mass is 16.5. The van der Waals surface area contributed by atoms with Gasteiger partial charge < -0.3 is 10.1 Å². The molecule has 0 fully saturated rings. The van der Waals surface area contributed by atoms with Gasteiger partial charge in [-0.2, -0.15) is 5.10 Å². The molecule has 21 heavy (non-hydrogen) atoms. The molecule has 1 rings (SSSR count). The Morgan fingerprint density at radius 3 is 2.52 bits per heavy atom. The van der Waals surface area contributed by atoms with Gasteiger partial charge in [0.1, 0.15) is 0 Å². The van der Waals surface area contributed by atoms with Gasteiger partial charge in [-0.05, 0) is 32.8 Å². The largest absolute Gasteiger partial charge is 0.456 e. The third kappa shape index (κ3) is 5.97. The van der Waals surface area contributed by atoms with Crippen molar-refractivity contribution in [1.29, 1.82) is 0 Å². The normalized spacial score (nSPS) is 12.3.